The fourth-order valence-corrected chi connectivity index (χ4v) is 4.15. The van der Waals surface area contributed by atoms with Crippen molar-refractivity contribution < 1.29 is 9.59 Å². The average molecular weight is 362 g/mol. The summed E-state index contributed by atoms with van der Waals surface area (Å²) < 4.78 is 0. The molecule has 2 aromatic rings. The van der Waals surface area contributed by atoms with Crippen LogP contribution < -0.4 is 10.6 Å². The second-order valence-electron chi connectivity index (χ2n) is 7.98. The maximum Gasteiger partial charge on any atom is 0.251 e. The molecule has 140 valence electrons. The highest BCUT2D eigenvalue weighted by molar-refractivity contribution is 6.04. The Kier molecular flexibility index (Phi) is 4.73. The molecule has 1 unspecified atom stereocenters. The Hall–Kier alpha value is -2.62. The van der Waals surface area contributed by atoms with Crippen molar-refractivity contribution in [2.45, 2.75) is 51.5 Å². The Morgan fingerprint density at radius 1 is 1.07 bits per heavy atom. The highest BCUT2D eigenvalue weighted by atomic mass is 16.2. The number of hydrogen-bond donors (Lipinski definition) is 2. The van der Waals surface area contributed by atoms with E-state index in [1.807, 2.05) is 18.2 Å². The molecular weight excluding hydrogens is 336 g/mol. The fourth-order valence-electron chi connectivity index (χ4n) is 4.15. The first-order valence-corrected chi connectivity index (χ1v) is 9.85. The molecule has 0 saturated carbocycles. The minimum absolute atomic E-state index is 0.00856. The molecule has 0 saturated heterocycles. The first kappa shape index (κ1) is 17.8. The van der Waals surface area contributed by atoms with Crippen LogP contribution in [-0.4, -0.2) is 11.8 Å². The van der Waals surface area contributed by atoms with Crippen molar-refractivity contribution in [1.29, 1.82) is 0 Å². The van der Waals surface area contributed by atoms with Gasteiger partial charge in [0.1, 0.15) is 6.04 Å². The summed E-state index contributed by atoms with van der Waals surface area (Å²) in [5.41, 5.74) is 5.56. The highest BCUT2D eigenvalue weighted by Crippen LogP contribution is 2.34. The molecule has 0 spiro atoms. The lowest BCUT2D eigenvalue weighted by molar-refractivity contribution is -0.129. The number of amides is 2. The zero-order valence-corrected chi connectivity index (χ0v) is 15.9. The largest absolute Gasteiger partial charge is 0.340 e. The molecule has 2 aromatic carbocycles. The molecule has 4 rings (SSSR count). The average Bonchev–Trinajstić information content (AvgIpc) is 2.83. The molecule has 2 N–H and O–H groups in total. The Morgan fingerprint density at radius 2 is 1.74 bits per heavy atom. The summed E-state index contributed by atoms with van der Waals surface area (Å²) in [6.45, 7) is 4.26. The Labute approximate surface area is 160 Å². The van der Waals surface area contributed by atoms with Crippen LogP contribution in [0.3, 0.4) is 0 Å². The zero-order chi connectivity index (χ0) is 19.0. The van der Waals surface area contributed by atoms with Crippen molar-refractivity contribution in [1.82, 2.24) is 5.32 Å². The summed E-state index contributed by atoms with van der Waals surface area (Å²) in [4.78, 5) is 25.4. The standard InChI is InChI=1S/C23H26N2O2/c1-14(2)18-11-12-20-19(13-18)21(23(27)24-20)25-22(26)17-9-7-15-5-3-4-6-16(15)8-10-17/h3-6,11-14,17,21H,7-10H2,1-2H3,(H,24,27)(H,25,26). The number of carbonyl (C=O) groups is 2. The minimum Gasteiger partial charge on any atom is -0.340 e. The van der Waals surface area contributed by atoms with Gasteiger partial charge in [-0.15, -0.1) is 0 Å². The van der Waals surface area contributed by atoms with E-state index in [0.29, 0.717) is 5.92 Å². The highest BCUT2D eigenvalue weighted by Gasteiger charge is 2.34. The molecule has 1 atom stereocenters. The topological polar surface area (TPSA) is 58.2 Å². The van der Waals surface area contributed by atoms with Gasteiger partial charge in [-0.05, 0) is 54.4 Å². The fraction of sp³-hybridized carbons (Fsp3) is 0.391. The van der Waals surface area contributed by atoms with Crippen LogP contribution >= 0.6 is 0 Å². The molecular formula is C23H26N2O2. The third-order valence-corrected chi connectivity index (χ3v) is 5.87. The van der Waals surface area contributed by atoms with Gasteiger partial charge in [-0.2, -0.15) is 0 Å². The van der Waals surface area contributed by atoms with Crippen LogP contribution in [0, 0.1) is 5.92 Å². The first-order valence-electron chi connectivity index (χ1n) is 9.85. The SMILES string of the molecule is CC(C)c1ccc2c(c1)C(NC(=O)C1CCc3ccccc3CC1)C(=O)N2. The van der Waals surface area contributed by atoms with Gasteiger partial charge >= 0.3 is 0 Å². The van der Waals surface area contributed by atoms with E-state index >= 15 is 0 Å². The summed E-state index contributed by atoms with van der Waals surface area (Å²) in [5, 5.41) is 5.92. The number of fused-ring (bicyclic) bond motifs is 2. The number of hydrogen-bond acceptors (Lipinski definition) is 2. The Morgan fingerprint density at radius 3 is 2.37 bits per heavy atom. The third-order valence-electron chi connectivity index (χ3n) is 5.87. The summed E-state index contributed by atoms with van der Waals surface area (Å²) in [7, 11) is 0. The lowest BCUT2D eigenvalue weighted by Crippen LogP contribution is -2.37. The van der Waals surface area contributed by atoms with E-state index in [4.69, 9.17) is 0 Å². The van der Waals surface area contributed by atoms with Crippen LogP contribution in [-0.2, 0) is 22.4 Å². The van der Waals surface area contributed by atoms with Crippen LogP contribution in [0.5, 0.6) is 0 Å². The van der Waals surface area contributed by atoms with Gasteiger partial charge in [0.15, 0.2) is 0 Å². The van der Waals surface area contributed by atoms with Crippen LogP contribution in [0.1, 0.15) is 60.9 Å². The molecule has 0 aromatic heterocycles. The molecule has 0 fully saturated rings. The first-order chi connectivity index (χ1) is 13.0. The summed E-state index contributed by atoms with van der Waals surface area (Å²) >= 11 is 0. The van der Waals surface area contributed by atoms with E-state index in [-0.39, 0.29) is 17.7 Å². The lowest BCUT2D eigenvalue weighted by Gasteiger charge is -2.18. The summed E-state index contributed by atoms with van der Waals surface area (Å²) in [6.07, 6.45) is 3.49. The normalized spacial score (nSPS) is 19.2. The van der Waals surface area contributed by atoms with Gasteiger partial charge in [0.2, 0.25) is 5.91 Å². The van der Waals surface area contributed by atoms with Crippen molar-refractivity contribution in [3.63, 3.8) is 0 Å². The molecule has 0 bridgehead atoms. The summed E-state index contributed by atoms with van der Waals surface area (Å²) in [5.74, 6) is 0.173. The minimum atomic E-state index is -0.586. The predicted molar refractivity (Wildman–Crippen MR) is 107 cm³/mol. The Bertz CT molecular complexity index is 861. The van der Waals surface area contributed by atoms with E-state index in [9.17, 15) is 9.59 Å². The molecule has 27 heavy (non-hydrogen) atoms. The number of anilines is 1. The van der Waals surface area contributed by atoms with Gasteiger partial charge < -0.3 is 10.6 Å². The van der Waals surface area contributed by atoms with Crippen LogP contribution in [0.25, 0.3) is 0 Å². The predicted octanol–water partition coefficient (Wildman–Crippen LogP) is 4.11. The van der Waals surface area contributed by atoms with Gasteiger partial charge in [0, 0.05) is 17.2 Å². The third kappa shape index (κ3) is 3.48. The molecule has 2 aliphatic rings. The maximum atomic E-state index is 12.9. The number of aryl methyl sites for hydroxylation is 2. The monoisotopic (exact) mass is 362 g/mol. The second-order valence-corrected chi connectivity index (χ2v) is 7.98. The van der Waals surface area contributed by atoms with E-state index in [0.717, 1.165) is 36.9 Å². The second kappa shape index (κ2) is 7.18. The molecule has 4 nitrogen and oxygen atoms in total. The van der Waals surface area contributed by atoms with E-state index in [2.05, 4.69) is 48.7 Å². The number of benzene rings is 2. The van der Waals surface area contributed by atoms with Crippen molar-refractivity contribution in [3.8, 4) is 0 Å². The molecule has 4 heteroatoms. The van der Waals surface area contributed by atoms with Crippen LogP contribution in [0.2, 0.25) is 0 Å². The van der Waals surface area contributed by atoms with Gasteiger partial charge in [-0.3, -0.25) is 9.59 Å². The van der Waals surface area contributed by atoms with Gasteiger partial charge in [0.05, 0.1) is 0 Å². The summed E-state index contributed by atoms with van der Waals surface area (Å²) in [6, 6.07) is 13.9. The lowest BCUT2D eigenvalue weighted by atomic mass is 9.96. The van der Waals surface area contributed by atoms with Crippen molar-refractivity contribution >= 4 is 17.5 Å². The number of nitrogens with one attached hydrogen (secondary N) is 2. The Balaban J connectivity index is 1.49. The van der Waals surface area contributed by atoms with Gasteiger partial charge in [-0.1, -0.05) is 50.2 Å². The molecule has 1 aliphatic heterocycles. The zero-order valence-electron chi connectivity index (χ0n) is 15.9. The van der Waals surface area contributed by atoms with E-state index < -0.39 is 6.04 Å². The smallest absolute Gasteiger partial charge is 0.251 e. The van der Waals surface area contributed by atoms with Crippen molar-refractivity contribution in [3.05, 3.63) is 64.7 Å². The quantitative estimate of drug-likeness (QED) is 0.807. The molecule has 0 radical (unpaired) electrons. The van der Waals surface area contributed by atoms with Crippen LogP contribution in [0.15, 0.2) is 42.5 Å². The van der Waals surface area contributed by atoms with Crippen molar-refractivity contribution in [2.75, 3.05) is 5.32 Å². The van der Waals surface area contributed by atoms with Gasteiger partial charge in [-0.25, -0.2) is 0 Å². The number of rotatable bonds is 3. The van der Waals surface area contributed by atoms with Gasteiger partial charge in [0.25, 0.3) is 5.91 Å². The van der Waals surface area contributed by atoms with Crippen LogP contribution in [0.4, 0.5) is 5.69 Å². The van der Waals surface area contributed by atoms with Crippen molar-refractivity contribution in [2.24, 2.45) is 5.92 Å². The molecule has 1 heterocycles. The maximum absolute atomic E-state index is 12.9. The van der Waals surface area contributed by atoms with E-state index in [1.54, 1.807) is 0 Å². The molecule has 2 amide bonds. The number of carbonyl (C=O) groups excluding carboxylic acids is 2. The molecule has 1 aliphatic carbocycles. The van der Waals surface area contributed by atoms with E-state index in [1.165, 1.54) is 16.7 Å².